The lowest BCUT2D eigenvalue weighted by Crippen LogP contribution is -2.46. The second-order valence-electron chi connectivity index (χ2n) is 5.33. The van der Waals surface area contributed by atoms with E-state index in [-0.39, 0.29) is 16.8 Å². The fourth-order valence-electron chi connectivity index (χ4n) is 2.55. The Morgan fingerprint density at radius 3 is 2.64 bits per heavy atom. The van der Waals surface area contributed by atoms with Crippen LogP contribution in [0.15, 0.2) is 23.7 Å². The summed E-state index contributed by atoms with van der Waals surface area (Å²) in [6.07, 6.45) is 4.00. The van der Waals surface area contributed by atoms with Crippen molar-refractivity contribution in [3.63, 3.8) is 0 Å². The molecule has 1 amide bonds. The van der Waals surface area contributed by atoms with Crippen molar-refractivity contribution >= 4 is 15.9 Å². The first-order valence-corrected chi connectivity index (χ1v) is 8.79. The van der Waals surface area contributed by atoms with Crippen molar-refractivity contribution < 1.29 is 13.2 Å². The predicted octanol–water partition coefficient (Wildman–Crippen LogP) is 0.667. The Morgan fingerprint density at radius 2 is 2.14 bits per heavy atom. The summed E-state index contributed by atoms with van der Waals surface area (Å²) in [5.41, 5.74) is 0.518. The average Bonchev–Trinajstić information content (AvgIpc) is 2.89. The number of aryl methyl sites for hydroxylation is 2. The third kappa shape index (κ3) is 3.38. The highest BCUT2D eigenvalue weighted by Gasteiger charge is 2.32. The molecule has 1 fully saturated rings. The topological polar surface area (TPSA) is 84.3 Å². The van der Waals surface area contributed by atoms with Gasteiger partial charge in [0, 0.05) is 31.9 Å². The molecule has 0 unspecified atom stereocenters. The van der Waals surface area contributed by atoms with Gasteiger partial charge in [-0.05, 0) is 32.8 Å². The molecule has 1 N–H and O–H groups in total. The molecule has 0 atom stereocenters. The molecule has 2 heterocycles. The van der Waals surface area contributed by atoms with E-state index in [1.165, 1.54) is 10.4 Å². The summed E-state index contributed by atoms with van der Waals surface area (Å²) in [5, 5.41) is 7.01. The first kappa shape index (κ1) is 16.7. The van der Waals surface area contributed by atoms with Gasteiger partial charge in [0.1, 0.15) is 4.90 Å². The number of piperidine rings is 1. The molecule has 0 aliphatic carbocycles. The van der Waals surface area contributed by atoms with Crippen LogP contribution in [0.5, 0.6) is 0 Å². The summed E-state index contributed by atoms with van der Waals surface area (Å²) in [6.45, 7) is 8.44. The van der Waals surface area contributed by atoms with Gasteiger partial charge in [0.2, 0.25) is 15.9 Å². The van der Waals surface area contributed by atoms with E-state index in [1.54, 1.807) is 17.8 Å². The van der Waals surface area contributed by atoms with E-state index in [0.29, 0.717) is 38.2 Å². The van der Waals surface area contributed by atoms with Crippen LogP contribution in [0.25, 0.3) is 0 Å². The number of amides is 1. The van der Waals surface area contributed by atoms with Gasteiger partial charge in [0.05, 0.1) is 5.69 Å². The highest BCUT2D eigenvalue weighted by molar-refractivity contribution is 7.89. The quantitative estimate of drug-likeness (QED) is 0.806. The monoisotopic (exact) mass is 326 g/mol. The smallest absolute Gasteiger partial charge is 0.246 e. The average molecular weight is 326 g/mol. The fourth-order valence-corrected chi connectivity index (χ4v) is 4.19. The van der Waals surface area contributed by atoms with Crippen LogP contribution in [0, 0.1) is 6.92 Å². The molecule has 0 saturated carbocycles. The van der Waals surface area contributed by atoms with E-state index in [1.807, 2.05) is 6.92 Å². The molecule has 1 saturated heterocycles. The number of aromatic nitrogens is 2. The van der Waals surface area contributed by atoms with E-state index in [2.05, 4.69) is 17.0 Å². The van der Waals surface area contributed by atoms with Gasteiger partial charge in [0.15, 0.2) is 0 Å². The molecule has 0 aromatic carbocycles. The van der Waals surface area contributed by atoms with Crippen molar-refractivity contribution in [3.05, 3.63) is 24.5 Å². The van der Waals surface area contributed by atoms with Gasteiger partial charge >= 0.3 is 0 Å². The van der Waals surface area contributed by atoms with E-state index in [0.717, 1.165) is 0 Å². The standard InChI is InChI=1S/C14H22N4O3S/c1-4-14(19)15-12-6-8-18(9-7-12)22(20,21)13-10-17(5-2)16-11(13)3/h4,10,12H,1,5-9H2,2-3H3,(H,15,19). The van der Waals surface area contributed by atoms with Crippen molar-refractivity contribution in [2.75, 3.05) is 13.1 Å². The minimum absolute atomic E-state index is 0.00332. The Balaban J connectivity index is 2.07. The molecule has 122 valence electrons. The van der Waals surface area contributed by atoms with E-state index < -0.39 is 10.0 Å². The van der Waals surface area contributed by atoms with Gasteiger partial charge in [-0.15, -0.1) is 0 Å². The number of carbonyl (C=O) groups is 1. The zero-order valence-corrected chi connectivity index (χ0v) is 13.8. The van der Waals surface area contributed by atoms with Crippen molar-refractivity contribution in [1.29, 1.82) is 0 Å². The first-order chi connectivity index (χ1) is 10.4. The highest BCUT2D eigenvalue weighted by Crippen LogP contribution is 2.22. The summed E-state index contributed by atoms with van der Waals surface area (Å²) in [6, 6.07) is -0.00332. The zero-order valence-electron chi connectivity index (χ0n) is 12.9. The van der Waals surface area contributed by atoms with Crippen LogP contribution in [-0.4, -0.2) is 47.5 Å². The number of hydrogen-bond donors (Lipinski definition) is 1. The van der Waals surface area contributed by atoms with Crippen molar-refractivity contribution in [2.45, 2.75) is 44.2 Å². The molecule has 1 aliphatic rings. The Hall–Kier alpha value is -1.67. The highest BCUT2D eigenvalue weighted by atomic mass is 32.2. The maximum absolute atomic E-state index is 12.7. The molecule has 1 aliphatic heterocycles. The largest absolute Gasteiger partial charge is 0.350 e. The SMILES string of the molecule is C=CC(=O)NC1CCN(S(=O)(=O)c2cn(CC)nc2C)CC1. The lowest BCUT2D eigenvalue weighted by Gasteiger charge is -2.31. The minimum atomic E-state index is -3.52. The van der Waals surface area contributed by atoms with Crippen molar-refractivity contribution in [1.82, 2.24) is 19.4 Å². The molecule has 2 rings (SSSR count). The summed E-state index contributed by atoms with van der Waals surface area (Å²) in [7, 11) is -3.52. The van der Waals surface area contributed by atoms with Crippen LogP contribution in [-0.2, 0) is 21.4 Å². The summed E-state index contributed by atoms with van der Waals surface area (Å²) >= 11 is 0. The molecule has 0 radical (unpaired) electrons. The number of nitrogens with one attached hydrogen (secondary N) is 1. The first-order valence-electron chi connectivity index (χ1n) is 7.35. The van der Waals surface area contributed by atoms with Gasteiger partial charge in [-0.1, -0.05) is 6.58 Å². The summed E-state index contributed by atoms with van der Waals surface area (Å²) in [5.74, 6) is -0.221. The van der Waals surface area contributed by atoms with Crippen LogP contribution in [0.1, 0.15) is 25.5 Å². The zero-order chi connectivity index (χ0) is 16.3. The third-order valence-corrected chi connectivity index (χ3v) is 5.83. The van der Waals surface area contributed by atoms with Crippen LogP contribution in [0.2, 0.25) is 0 Å². The molecule has 7 nitrogen and oxygen atoms in total. The normalized spacial score (nSPS) is 17.4. The molecular weight excluding hydrogens is 304 g/mol. The number of sulfonamides is 1. The Morgan fingerprint density at radius 1 is 1.50 bits per heavy atom. The fraction of sp³-hybridized carbons (Fsp3) is 0.571. The van der Waals surface area contributed by atoms with E-state index in [9.17, 15) is 13.2 Å². The Bertz CT molecular complexity index is 658. The number of carbonyl (C=O) groups excluding carboxylic acids is 1. The van der Waals surface area contributed by atoms with Gasteiger partial charge in [-0.2, -0.15) is 9.40 Å². The lowest BCUT2D eigenvalue weighted by atomic mass is 10.1. The second kappa shape index (κ2) is 6.62. The van der Waals surface area contributed by atoms with Crippen LogP contribution in [0.4, 0.5) is 0 Å². The number of rotatable bonds is 5. The summed E-state index contributed by atoms with van der Waals surface area (Å²) in [4.78, 5) is 11.6. The third-order valence-electron chi connectivity index (χ3n) is 3.83. The molecular formula is C14H22N4O3S. The predicted molar refractivity (Wildman–Crippen MR) is 82.8 cm³/mol. The Labute approximate surface area is 131 Å². The van der Waals surface area contributed by atoms with Gasteiger partial charge in [-0.25, -0.2) is 8.42 Å². The van der Waals surface area contributed by atoms with Crippen LogP contribution >= 0.6 is 0 Å². The number of hydrogen-bond acceptors (Lipinski definition) is 4. The van der Waals surface area contributed by atoms with E-state index >= 15 is 0 Å². The lowest BCUT2D eigenvalue weighted by molar-refractivity contribution is -0.117. The molecule has 22 heavy (non-hydrogen) atoms. The minimum Gasteiger partial charge on any atom is -0.350 e. The van der Waals surface area contributed by atoms with Crippen LogP contribution < -0.4 is 5.32 Å². The molecule has 1 aromatic rings. The molecule has 0 bridgehead atoms. The molecule has 1 aromatic heterocycles. The Kier molecular flexibility index (Phi) is 5.02. The van der Waals surface area contributed by atoms with Crippen molar-refractivity contribution in [3.8, 4) is 0 Å². The maximum atomic E-state index is 12.7. The van der Waals surface area contributed by atoms with Gasteiger partial charge < -0.3 is 5.32 Å². The number of nitrogens with zero attached hydrogens (tertiary/aromatic N) is 3. The summed E-state index contributed by atoms with van der Waals surface area (Å²) < 4.78 is 28.5. The van der Waals surface area contributed by atoms with Gasteiger partial charge in [-0.3, -0.25) is 9.48 Å². The second-order valence-corrected chi connectivity index (χ2v) is 7.23. The molecule has 0 spiro atoms. The van der Waals surface area contributed by atoms with Crippen molar-refractivity contribution in [2.24, 2.45) is 0 Å². The van der Waals surface area contributed by atoms with Crippen LogP contribution in [0.3, 0.4) is 0 Å². The molecule has 8 heteroatoms. The van der Waals surface area contributed by atoms with Gasteiger partial charge in [0.25, 0.3) is 0 Å². The maximum Gasteiger partial charge on any atom is 0.246 e. The van der Waals surface area contributed by atoms with E-state index in [4.69, 9.17) is 0 Å².